The number of ether oxygens (including phenoxy) is 2. The van der Waals surface area contributed by atoms with Crippen LogP contribution in [-0.2, 0) is 23.3 Å². The minimum atomic E-state index is -0.285. The number of hydrogen-bond donors (Lipinski definition) is 3. The molecule has 2 aliphatic heterocycles. The average molecular weight is 616 g/mol. The number of aliphatic hydroxyl groups excluding tert-OH is 1. The monoisotopic (exact) mass is 615 g/mol. The lowest BCUT2D eigenvalue weighted by Gasteiger charge is -2.47. The van der Waals surface area contributed by atoms with Crippen LogP contribution in [0.3, 0.4) is 0 Å². The highest BCUT2D eigenvalue weighted by molar-refractivity contribution is 6.32. The minimum Gasteiger partial charge on any atom is -0.490 e. The fourth-order valence-corrected chi connectivity index (χ4v) is 6.65. The van der Waals surface area contributed by atoms with Crippen molar-refractivity contribution in [1.82, 2.24) is 15.5 Å². The van der Waals surface area contributed by atoms with Gasteiger partial charge < -0.3 is 24.8 Å². The Labute approximate surface area is 265 Å². The molecule has 1 aliphatic carbocycles. The molecule has 0 radical (unpaired) electrons. The molecule has 3 aromatic carbocycles. The van der Waals surface area contributed by atoms with Gasteiger partial charge in [-0.15, -0.1) is 0 Å². The van der Waals surface area contributed by atoms with E-state index in [2.05, 4.69) is 39.8 Å². The van der Waals surface area contributed by atoms with E-state index in [1.807, 2.05) is 56.3 Å². The van der Waals surface area contributed by atoms with Crippen LogP contribution in [0.4, 0.5) is 0 Å². The summed E-state index contributed by atoms with van der Waals surface area (Å²) in [5, 5.41) is 17.6. The third kappa shape index (κ3) is 6.66. The number of nitrogens with zero attached hydrogens (tertiary/aromatic N) is 1. The van der Waals surface area contributed by atoms with E-state index in [1.54, 1.807) is 0 Å². The largest absolute Gasteiger partial charge is 0.490 e. The van der Waals surface area contributed by atoms with Crippen molar-refractivity contribution in [2.45, 2.75) is 63.7 Å². The molecular formula is C36H42ClN3O4. The number of carbonyl (C=O) groups excluding carboxylic acids is 1. The first kappa shape index (κ1) is 30.7. The van der Waals surface area contributed by atoms with Gasteiger partial charge in [0.2, 0.25) is 0 Å². The van der Waals surface area contributed by atoms with Crippen molar-refractivity contribution in [3.8, 4) is 11.5 Å². The van der Waals surface area contributed by atoms with Gasteiger partial charge in [0.1, 0.15) is 24.7 Å². The number of rotatable bonds is 12. The maximum Gasteiger partial charge on any atom is 0.251 e. The summed E-state index contributed by atoms with van der Waals surface area (Å²) in [5.41, 5.74) is 6.23. The van der Waals surface area contributed by atoms with Gasteiger partial charge in [-0.05, 0) is 91.6 Å². The van der Waals surface area contributed by atoms with Crippen molar-refractivity contribution in [3.05, 3.63) is 105 Å². The van der Waals surface area contributed by atoms with E-state index < -0.39 is 0 Å². The van der Waals surface area contributed by atoms with E-state index in [1.165, 1.54) is 5.56 Å². The van der Waals surface area contributed by atoms with Gasteiger partial charge in [-0.1, -0.05) is 54.1 Å². The summed E-state index contributed by atoms with van der Waals surface area (Å²) in [4.78, 5) is 16.1. The molecule has 0 spiro atoms. The molecule has 3 aliphatic rings. The van der Waals surface area contributed by atoms with Crippen molar-refractivity contribution in [3.63, 3.8) is 0 Å². The normalized spacial score (nSPS) is 21.0. The first-order valence-corrected chi connectivity index (χ1v) is 16.0. The van der Waals surface area contributed by atoms with Crippen LogP contribution in [0.1, 0.15) is 47.1 Å². The van der Waals surface area contributed by atoms with Gasteiger partial charge in [-0.3, -0.25) is 10.1 Å². The van der Waals surface area contributed by atoms with Crippen molar-refractivity contribution in [1.29, 1.82) is 0 Å². The molecule has 232 valence electrons. The first-order chi connectivity index (χ1) is 21.4. The smallest absolute Gasteiger partial charge is 0.251 e. The second-order valence-corrected chi connectivity index (χ2v) is 12.7. The van der Waals surface area contributed by atoms with Gasteiger partial charge in [-0.2, -0.15) is 0 Å². The molecule has 44 heavy (non-hydrogen) atoms. The minimum absolute atomic E-state index is 0.0655. The predicted molar refractivity (Wildman–Crippen MR) is 173 cm³/mol. The molecule has 2 bridgehead atoms. The summed E-state index contributed by atoms with van der Waals surface area (Å²) in [6, 6.07) is 20.5. The highest BCUT2D eigenvalue weighted by atomic mass is 35.5. The first-order valence-electron chi connectivity index (χ1n) is 15.7. The van der Waals surface area contributed by atoms with Gasteiger partial charge in [0.15, 0.2) is 0 Å². The maximum atomic E-state index is 14.0. The number of halogens is 1. The van der Waals surface area contributed by atoms with Crippen LogP contribution in [0, 0.1) is 13.8 Å². The molecule has 2 atom stereocenters. The second kappa shape index (κ2) is 13.3. The van der Waals surface area contributed by atoms with Crippen molar-refractivity contribution < 1.29 is 19.4 Å². The predicted octanol–water partition coefficient (Wildman–Crippen LogP) is 5.23. The number of carbonyl (C=O) groups is 1. The Bertz CT molecular complexity index is 1520. The van der Waals surface area contributed by atoms with Crippen LogP contribution in [0.25, 0.3) is 0 Å². The van der Waals surface area contributed by atoms with Crippen LogP contribution in [0.5, 0.6) is 11.5 Å². The number of piperazine rings is 1. The van der Waals surface area contributed by atoms with Gasteiger partial charge in [0, 0.05) is 37.9 Å². The molecule has 2 unspecified atom stereocenters. The lowest BCUT2D eigenvalue weighted by Crippen LogP contribution is -2.65. The van der Waals surface area contributed by atoms with Crippen LogP contribution < -0.4 is 20.1 Å². The van der Waals surface area contributed by atoms with Gasteiger partial charge in [-0.25, -0.2) is 0 Å². The summed E-state index contributed by atoms with van der Waals surface area (Å²) in [7, 11) is 0. The van der Waals surface area contributed by atoms with E-state index in [-0.39, 0.29) is 30.1 Å². The molecular weight excluding hydrogens is 574 g/mol. The topological polar surface area (TPSA) is 83.1 Å². The maximum absolute atomic E-state index is 14.0. The number of amides is 1. The van der Waals surface area contributed by atoms with Gasteiger partial charge in [0.05, 0.1) is 16.6 Å². The third-order valence-corrected chi connectivity index (χ3v) is 9.47. The highest BCUT2D eigenvalue weighted by Crippen LogP contribution is 2.37. The van der Waals surface area contributed by atoms with Crippen LogP contribution in [-0.4, -0.2) is 60.9 Å². The summed E-state index contributed by atoms with van der Waals surface area (Å²) in [5.74, 6) is 1.58. The number of fused-ring (bicyclic) bond motifs is 2. The molecule has 3 aromatic rings. The summed E-state index contributed by atoms with van der Waals surface area (Å²) in [6.07, 6.45) is 5.57. The van der Waals surface area contributed by atoms with Crippen molar-refractivity contribution in [2.24, 2.45) is 0 Å². The molecule has 1 saturated carbocycles. The molecule has 1 saturated heterocycles. The molecule has 7 nitrogen and oxygen atoms in total. The molecule has 2 fully saturated rings. The van der Waals surface area contributed by atoms with Crippen LogP contribution in [0.2, 0.25) is 5.02 Å². The van der Waals surface area contributed by atoms with Crippen molar-refractivity contribution >= 4 is 17.5 Å². The van der Waals surface area contributed by atoms with E-state index in [9.17, 15) is 9.90 Å². The number of aryl methyl sites for hydroxylation is 2. The highest BCUT2D eigenvalue weighted by Gasteiger charge is 2.44. The van der Waals surface area contributed by atoms with Crippen molar-refractivity contribution in [2.75, 3.05) is 32.9 Å². The lowest BCUT2D eigenvalue weighted by atomic mass is 9.78. The summed E-state index contributed by atoms with van der Waals surface area (Å²) < 4.78 is 11.8. The van der Waals surface area contributed by atoms with E-state index in [0.29, 0.717) is 43.5 Å². The molecule has 0 aromatic heterocycles. The molecule has 6 rings (SSSR count). The van der Waals surface area contributed by atoms with Gasteiger partial charge in [0.25, 0.3) is 5.91 Å². The quantitative estimate of drug-likeness (QED) is 0.242. The Kier molecular flexibility index (Phi) is 9.29. The third-order valence-electron chi connectivity index (χ3n) is 9.17. The molecule has 2 heterocycles. The number of nitrogens with one attached hydrogen (secondary N) is 2. The van der Waals surface area contributed by atoms with E-state index in [4.69, 9.17) is 21.1 Å². The second-order valence-electron chi connectivity index (χ2n) is 12.3. The number of benzene rings is 3. The Morgan fingerprint density at radius 3 is 2.50 bits per heavy atom. The Morgan fingerprint density at radius 1 is 1.02 bits per heavy atom. The standard InChI is InChI=1S/C36H42ClN3O4/c1-24-19-32(37)34(20-25(24)2)44-18-17-43-30-11-7-28(8-12-30)36-15-13-31(33(39-36)21-38-23-36)35(42)40(29-9-10-29)22-27-6-4-3-5-26(27)14-16-41/h3-8,11-13,19-20,29,33,38-39,41H,9-10,14-18,21-23H2,1-2H3. The lowest BCUT2D eigenvalue weighted by molar-refractivity contribution is -0.129. The Balaban J connectivity index is 1.09. The Hall–Kier alpha value is -3.36. The van der Waals surface area contributed by atoms with Crippen LogP contribution >= 0.6 is 11.6 Å². The van der Waals surface area contributed by atoms with Gasteiger partial charge >= 0.3 is 0 Å². The zero-order valence-electron chi connectivity index (χ0n) is 25.6. The zero-order chi connectivity index (χ0) is 30.7. The van der Waals surface area contributed by atoms with E-state index in [0.717, 1.165) is 59.4 Å². The summed E-state index contributed by atoms with van der Waals surface area (Å²) >= 11 is 6.33. The zero-order valence-corrected chi connectivity index (χ0v) is 26.3. The van der Waals surface area contributed by atoms with Crippen LogP contribution in [0.15, 0.2) is 72.3 Å². The summed E-state index contributed by atoms with van der Waals surface area (Å²) in [6.45, 7) is 7.05. The number of aliphatic hydroxyl groups is 1. The molecule has 1 amide bonds. The Morgan fingerprint density at radius 2 is 1.75 bits per heavy atom. The number of hydrogen-bond acceptors (Lipinski definition) is 6. The SMILES string of the molecule is Cc1cc(Cl)c(OCCOc2ccc(C34CC=C(C(=O)N(Cc5ccccc5CCO)C5CC5)C(CNC3)N4)cc2)cc1C. The average Bonchev–Trinajstić information content (AvgIpc) is 3.87. The fraction of sp³-hybridized carbons (Fsp3) is 0.417. The molecule has 8 heteroatoms. The fourth-order valence-electron chi connectivity index (χ4n) is 6.38. The molecule has 3 N–H and O–H groups in total. The van der Waals surface area contributed by atoms with E-state index >= 15 is 0 Å².